The van der Waals surface area contributed by atoms with Crippen LogP contribution >= 0.6 is 0 Å². The predicted molar refractivity (Wildman–Crippen MR) is 108 cm³/mol. The lowest BCUT2D eigenvalue weighted by Gasteiger charge is -2.18. The number of nitrogens with two attached hydrogens (primary N) is 1. The normalized spacial score (nSPS) is 12.9. The minimum absolute atomic E-state index is 0.0823. The summed E-state index contributed by atoms with van der Waals surface area (Å²) in [7, 11) is 1.62. The van der Waals surface area contributed by atoms with E-state index in [0.717, 1.165) is 29.7 Å². The molecule has 2 aromatic rings. The van der Waals surface area contributed by atoms with E-state index in [-0.39, 0.29) is 24.4 Å². The third kappa shape index (κ3) is 6.29. The van der Waals surface area contributed by atoms with Gasteiger partial charge in [0.2, 0.25) is 5.91 Å². The summed E-state index contributed by atoms with van der Waals surface area (Å²) in [5.74, 6) is 1.31. The summed E-state index contributed by atoms with van der Waals surface area (Å²) in [5, 5.41) is 3.00. The van der Waals surface area contributed by atoms with Crippen LogP contribution in [-0.4, -0.2) is 19.6 Å². The number of unbranched alkanes of at least 4 members (excludes halogenated alkanes) is 1. The number of hydrogen-bond acceptors (Lipinski definition) is 4. The molecule has 0 spiro atoms. The van der Waals surface area contributed by atoms with Gasteiger partial charge < -0.3 is 20.5 Å². The van der Waals surface area contributed by atoms with Crippen molar-refractivity contribution in [1.29, 1.82) is 0 Å². The Morgan fingerprint density at radius 3 is 2.52 bits per heavy atom. The zero-order valence-electron chi connectivity index (χ0n) is 16.4. The summed E-state index contributed by atoms with van der Waals surface area (Å²) in [6, 6.07) is 14.9. The first-order chi connectivity index (χ1) is 13.0. The average molecular weight is 370 g/mol. The van der Waals surface area contributed by atoms with Crippen molar-refractivity contribution < 1.29 is 14.3 Å². The van der Waals surface area contributed by atoms with E-state index in [1.807, 2.05) is 55.5 Å². The SMILES string of the molecule is CCCCOc1ccc(C(C)NC(=O)CC(N)c2ccccc2)cc1OC. The van der Waals surface area contributed by atoms with Gasteiger partial charge in [-0.2, -0.15) is 0 Å². The number of rotatable bonds is 10. The van der Waals surface area contributed by atoms with Gasteiger partial charge in [-0.15, -0.1) is 0 Å². The first kappa shape index (κ1) is 20.8. The lowest BCUT2D eigenvalue weighted by Crippen LogP contribution is -2.29. The Hall–Kier alpha value is -2.53. The van der Waals surface area contributed by atoms with Gasteiger partial charge in [-0.05, 0) is 36.6 Å². The van der Waals surface area contributed by atoms with Gasteiger partial charge in [0, 0.05) is 12.5 Å². The highest BCUT2D eigenvalue weighted by Crippen LogP contribution is 2.30. The number of carbonyl (C=O) groups excluding carboxylic acids is 1. The summed E-state index contributed by atoms with van der Waals surface area (Å²) >= 11 is 0. The van der Waals surface area contributed by atoms with Crippen molar-refractivity contribution in [2.24, 2.45) is 5.73 Å². The third-order valence-corrected chi connectivity index (χ3v) is 4.45. The Labute approximate surface area is 161 Å². The molecule has 27 heavy (non-hydrogen) atoms. The summed E-state index contributed by atoms with van der Waals surface area (Å²) in [4.78, 5) is 12.4. The maximum Gasteiger partial charge on any atom is 0.222 e. The van der Waals surface area contributed by atoms with Crippen molar-refractivity contribution in [3.63, 3.8) is 0 Å². The molecule has 5 nitrogen and oxygen atoms in total. The molecular weight excluding hydrogens is 340 g/mol. The smallest absolute Gasteiger partial charge is 0.222 e. The molecule has 146 valence electrons. The first-order valence-corrected chi connectivity index (χ1v) is 9.45. The van der Waals surface area contributed by atoms with E-state index in [1.165, 1.54) is 0 Å². The Morgan fingerprint density at radius 2 is 1.85 bits per heavy atom. The monoisotopic (exact) mass is 370 g/mol. The maximum atomic E-state index is 12.4. The summed E-state index contributed by atoms with van der Waals surface area (Å²) < 4.78 is 11.2. The van der Waals surface area contributed by atoms with Crippen LogP contribution in [0.5, 0.6) is 11.5 Å². The lowest BCUT2D eigenvalue weighted by atomic mass is 10.0. The van der Waals surface area contributed by atoms with Crippen molar-refractivity contribution in [2.75, 3.05) is 13.7 Å². The highest BCUT2D eigenvalue weighted by atomic mass is 16.5. The van der Waals surface area contributed by atoms with Gasteiger partial charge in [0.25, 0.3) is 0 Å². The molecule has 0 fully saturated rings. The zero-order chi connectivity index (χ0) is 19.6. The Balaban J connectivity index is 1.96. The standard InChI is InChI=1S/C22H30N2O3/c1-4-5-13-27-20-12-11-18(14-21(20)26-3)16(2)24-22(25)15-19(23)17-9-7-6-8-10-17/h6-12,14,16,19H,4-5,13,15,23H2,1-3H3,(H,24,25). The van der Waals surface area contributed by atoms with E-state index in [9.17, 15) is 4.79 Å². The molecule has 0 saturated heterocycles. The number of methoxy groups -OCH3 is 1. The molecule has 0 bridgehead atoms. The van der Waals surface area contributed by atoms with Gasteiger partial charge in [-0.1, -0.05) is 49.7 Å². The predicted octanol–water partition coefficient (Wildman–Crippen LogP) is 4.14. The molecule has 3 N–H and O–H groups in total. The fraction of sp³-hybridized carbons (Fsp3) is 0.409. The van der Waals surface area contributed by atoms with Crippen LogP contribution in [0, 0.1) is 0 Å². The summed E-state index contributed by atoms with van der Waals surface area (Å²) in [6.07, 6.45) is 2.32. The first-order valence-electron chi connectivity index (χ1n) is 9.45. The van der Waals surface area contributed by atoms with Crippen molar-refractivity contribution in [3.05, 3.63) is 59.7 Å². The van der Waals surface area contributed by atoms with E-state index < -0.39 is 0 Å². The van der Waals surface area contributed by atoms with Crippen molar-refractivity contribution in [3.8, 4) is 11.5 Å². The number of hydrogen-bond donors (Lipinski definition) is 2. The van der Waals surface area contributed by atoms with Crippen LogP contribution < -0.4 is 20.5 Å². The van der Waals surface area contributed by atoms with Gasteiger partial charge in [0.1, 0.15) is 0 Å². The summed E-state index contributed by atoms with van der Waals surface area (Å²) in [6.45, 7) is 4.73. The van der Waals surface area contributed by atoms with Gasteiger partial charge >= 0.3 is 0 Å². The fourth-order valence-electron chi connectivity index (χ4n) is 2.80. The molecular formula is C22H30N2O3. The number of benzene rings is 2. The molecule has 1 amide bonds. The molecule has 0 aromatic heterocycles. The Kier molecular flexibility index (Phi) is 8.14. The zero-order valence-corrected chi connectivity index (χ0v) is 16.4. The second kappa shape index (κ2) is 10.6. The number of carbonyl (C=O) groups is 1. The van der Waals surface area contributed by atoms with Crippen LogP contribution in [0.3, 0.4) is 0 Å². The molecule has 0 aliphatic rings. The highest BCUT2D eigenvalue weighted by molar-refractivity contribution is 5.77. The number of amides is 1. The van der Waals surface area contributed by atoms with Crippen molar-refractivity contribution in [2.45, 2.75) is 45.2 Å². The van der Waals surface area contributed by atoms with Crippen molar-refractivity contribution in [1.82, 2.24) is 5.32 Å². The molecule has 2 atom stereocenters. The van der Waals surface area contributed by atoms with E-state index in [1.54, 1.807) is 7.11 Å². The second-order valence-electron chi connectivity index (χ2n) is 6.62. The van der Waals surface area contributed by atoms with Crippen LogP contribution in [0.4, 0.5) is 0 Å². The van der Waals surface area contributed by atoms with E-state index >= 15 is 0 Å². The van der Waals surface area contributed by atoms with Gasteiger partial charge in [-0.3, -0.25) is 4.79 Å². The van der Waals surface area contributed by atoms with Gasteiger partial charge in [0.15, 0.2) is 11.5 Å². The minimum atomic E-state index is -0.317. The van der Waals surface area contributed by atoms with Crippen molar-refractivity contribution >= 4 is 5.91 Å². The molecule has 2 aromatic carbocycles. The quantitative estimate of drug-likeness (QED) is 0.617. The molecule has 5 heteroatoms. The maximum absolute atomic E-state index is 12.4. The van der Waals surface area contributed by atoms with Gasteiger partial charge in [-0.25, -0.2) is 0 Å². The largest absolute Gasteiger partial charge is 0.493 e. The summed E-state index contributed by atoms with van der Waals surface area (Å²) in [5.41, 5.74) is 8.05. The molecule has 2 rings (SSSR count). The van der Waals surface area contributed by atoms with E-state index in [0.29, 0.717) is 12.4 Å². The molecule has 2 unspecified atom stereocenters. The average Bonchev–Trinajstić information content (AvgIpc) is 2.68. The van der Waals surface area contributed by atoms with E-state index in [2.05, 4.69) is 12.2 Å². The molecule has 0 heterocycles. The van der Waals surface area contributed by atoms with Crippen LogP contribution in [0.15, 0.2) is 48.5 Å². The van der Waals surface area contributed by atoms with Crippen LogP contribution in [0.25, 0.3) is 0 Å². The Morgan fingerprint density at radius 1 is 1.11 bits per heavy atom. The molecule has 0 aliphatic heterocycles. The topological polar surface area (TPSA) is 73.6 Å². The number of nitrogens with one attached hydrogen (secondary N) is 1. The fourth-order valence-corrected chi connectivity index (χ4v) is 2.80. The lowest BCUT2D eigenvalue weighted by molar-refractivity contribution is -0.122. The number of ether oxygens (including phenoxy) is 2. The molecule has 0 saturated carbocycles. The molecule has 0 radical (unpaired) electrons. The minimum Gasteiger partial charge on any atom is -0.493 e. The third-order valence-electron chi connectivity index (χ3n) is 4.45. The van der Waals surface area contributed by atoms with Crippen LogP contribution in [0.2, 0.25) is 0 Å². The Bertz CT molecular complexity index is 719. The second-order valence-corrected chi connectivity index (χ2v) is 6.62. The molecule has 0 aliphatic carbocycles. The highest BCUT2D eigenvalue weighted by Gasteiger charge is 2.16. The van der Waals surface area contributed by atoms with Gasteiger partial charge in [0.05, 0.1) is 19.8 Å². The van der Waals surface area contributed by atoms with E-state index in [4.69, 9.17) is 15.2 Å². The van der Waals surface area contributed by atoms with Crippen LogP contribution in [-0.2, 0) is 4.79 Å². The van der Waals surface area contributed by atoms with Crippen LogP contribution in [0.1, 0.15) is 56.3 Å².